The van der Waals surface area contributed by atoms with Crippen molar-refractivity contribution in [1.82, 2.24) is 9.44 Å². The first kappa shape index (κ1) is 15.7. The molecule has 1 fully saturated rings. The molecule has 0 saturated heterocycles. The lowest BCUT2D eigenvalue weighted by molar-refractivity contribution is 0.158. The Hall–Kier alpha value is -0.340. The Labute approximate surface area is 116 Å². The van der Waals surface area contributed by atoms with Crippen molar-refractivity contribution in [2.45, 2.75) is 49.9 Å². The zero-order valence-corrected chi connectivity index (χ0v) is 12.7. The summed E-state index contributed by atoms with van der Waals surface area (Å²) in [7, 11) is -3.86. The van der Waals surface area contributed by atoms with Crippen molar-refractivity contribution in [1.29, 1.82) is 0 Å². The van der Waals surface area contributed by atoms with Crippen LogP contribution in [0.3, 0.4) is 0 Å². The number of alkyl halides is 1. The molecule has 6 nitrogen and oxygen atoms in total. The van der Waals surface area contributed by atoms with Crippen LogP contribution in [0, 0.1) is 0 Å². The number of amides is 1. The summed E-state index contributed by atoms with van der Waals surface area (Å²) in [6, 6.07) is -0.195. The number of carbonyl (C=O) groups is 1. The molecule has 0 spiro atoms. The van der Waals surface area contributed by atoms with Gasteiger partial charge < -0.3 is 4.74 Å². The van der Waals surface area contributed by atoms with Crippen LogP contribution in [0.1, 0.15) is 39.0 Å². The Morgan fingerprint density at radius 1 is 1.33 bits per heavy atom. The molecule has 1 amide bonds. The maximum absolute atomic E-state index is 11.7. The zero-order chi connectivity index (χ0) is 13.6. The Kier molecular flexibility index (Phi) is 6.37. The van der Waals surface area contributed by atoms with Crippen molar-refractivity contribution in [3.05, 3.63) is 0 Å². The Morgan fingerprint density at radius 2 is 2.00 bits per heavy atom. The molecule has 0 aromatic rings. The first-order valence-electron chi connectivity index (χ1n) is 6.05. The Bertz CT molecular complexity index is 374. The highest BCUT2D eigenvalue weighted by Crippen LogP contribution is 2.23. The molecule has 0 aromatic heterocycles. The van der Waals surface area contributed by atoms with E-state index in [-0.39, 0.29) is 17.5 Å². The molecule has 0 radical (unpaired) electrons. The molecule has 0 bridgehead atoms. The van der Waals surface area contributed by atoms with Crippen LogP contribution in [-0.4, -0.2) is 32.0 Å². The number of hydrogen-bond acceptors (Lipinski definition) is 4. The van der Waals surface area contributed by atoms with Crippen molar-refractivity contribution in [3.8, 4) is 0 Å². The third kappa shape index (κ3) is 5.53. The van der Waals surface area contributed by atoms with Gasteiger partial charge in [-0.05, 0) is 19.8 Å². The van der Waals surface area contributed by atoms with E-state index in [2.05, 4.69) is 25.4 Å². The molecule has 2 unspecified atom stereocenters. The topological polar surface area (TPSA) is 84.5 Å². The SMILES string of the molecule is CCOC(=O)NS(=O)(=O)NC1CCCCCC1Br. The molecular formula is C10H19BrN2O4S. The molecule has 106 valence electrons. The molecule has 1 rings (SSSR count). The van der Waals surface area contributed by atoms with Crippen LogP contribution in [0.2, 0.25) is 0 Å². The number of nitrogens with one attached hydrogen (secondary N) is 2. The molecule has 2 N–H and O–H groups in total. The lowest BCUT2D eigenvalue weighted by Crippen LogP contribution is -2.48. The maximum Gasteiger partial charge on any atom is 0.421 e. The summed E-state index contributed by atoms with van der Waals surface area (Å²) in [6.45, 7) is 1.74. The maximum atomic E-state index is 11.7. The first-order valence-corrected chi connectivity index (χ1v) is 8.45. The van der Waals surface area contributed by atoms with Crippen molar-refractivity contribution in [2.75, 3.05) is 6.61 Å². The van der Waals surface area contributed by atoms with Gasteiger partial charge in [0.05, 0.1) is 6.61 Å². The smallest absolute Gasteiger partial charge is 0.421 e. The van der Waals surface area contributed by atoms with E-state index in [4.69, 9.17) is 0 Å². The van der Waals surface area contributed by atoms with Crippen LogP contribution < -0.4 is 9.44 Å². The summed E-state index contributed by atoms with van der Waals surface area (Å²) in [5.74, 6) is 0. The average Bonchev–Trinajstić information content (AvgIpc) is 2.43. The highest BCUT2D eigenvalue weighted by Gasteiger charge is 2.26. The van der Waals surface area contributed by atoms with Gasteiger partial charge in [0.1, 0.15) is 0 Å². The minimum absolute atomic E-state index is 0.0961. The number of hydrogen-bond donors (Lipinski definition) is 2. The van der Waals surface area contributed by atoms with Crippen LogP contribution in [0.15, 0.2) is 0 Å². The van der Waals surface area contributed by atoms with Crippen LogP contribution in [0.5, 0.6) is 0 Å². The van der Waals surface area contributed by atoms with Gasteiger partial charge in [-0.15, -0.1) is 0 Å². The monoisotopic (exact) mass is 342 g/mol. The lowest BCUT2D eigenvalue weighted by atomic mass is 10.1. The predicted molar refractivity (Wildman–Crippen MR) is 71.8 cm³/mol. The van der Waals surface area contributed by atoms with Crippen molar-refractivity contribution in [3.63, 3.8) is 0 Å². The second-order valence-corrected chi connectivity index (χ2v) is 6.83. The molecule has 0 aromatic carbocycles. The molecule has 18 heavy (non-hydrogen) atoms. The Morgan fingerprint density at radius 3 is 2.67 bits per heavy atom. The van der Waals surface area contributed by atoms with Gasteiger partial charge in [-0.3, -0.25) is 0 Å². The molecule has 1 aliphatic rings. The zero-order valence-electron chi connectivity index (χ0n) is 10.3. The van der Waals surface area contributed by atoms with E-state index >= 15 is 0 Å². The number of ether oxygens (including phenoxy) is 1. The van der Waals surface area contributed by atoms with Crippen LogP contribution >= 0.6 is 15.9 Å². The minimum Gasteiger partial charge on any atom is -0.449 e. The number of rotatable bonds is 4. The van der Waals surface area contributed by atoms with E-state index in [9.17, 15) is 13.2 Å². The quantitative estimate of drug-likeness (QED) is 0.601. The summed E-state index contributed by atoms with van der Waals surface area (Å²) < 4.78 is 32.2. The predicted octanol–water partition coefficient (Wildman–Crippen LogP) is 1.66. The first-order chi connectivity index (χ1) is 8.44. The van der Waals surface area contributed by atoms with Gasteiger partial charge in [0.15, 0.2) is 0 Å². The molecule has 0 heterocycles. The van der Waals surface area contributed by atoms with E-state index in [1.165, 1.54) is 0 Å². The van der Waals surface area contributed by atoms with Gasteiger partial charge in [-0.25, -0.2) is 9.52 Å². The van der Waals surface area contributed by atoms with Gasteiger partial charge in [-0.1, -0.05) is 35.2 Å². The van der Waals surface area contributed by atoms with Crippen molar-refractivity contribution < 1.29 is 17.9 Å². The second-order valence-electron chi connectivity index (χ2n) is 4.20. The fraction of sp³-hybridized carbons (Fsp3) is 0.900. The standard InChI is InChI=1S/C10H19BrN2O4S/c1-2-17-10(14)13-18(15,16)12-9-7-5-3-4-6-8(9)11/h8-9,12H,2-7H2,1H3,(H,13,14). The largest absolute Gasteiger partial charge is 0.449 e. The van der Waals surface area contributed by atoms with Crippen LogP contribution in [-0.2, 0) is 14.9 Å². The van der Waals surface area contributed by atoms with Gasteiger partial charge in [0.25, 0.3) is 0 Å². The van der Waals surface area contributed by atoms with E-state index < -0.39 is 16.3 Å². The molecule has 2 atom stereocenters. The van der Waals surface area contributed by atoms with Gasteiger partial charge in [-0.2, -0.15) is 13.1 Å². The van der Waals surface area contributed by atoms with Crippen LogP contribution in [0.4, 0.5) is 4.79 Å². The fourth-order valence-corrected chi connectivity index (χ4v) is 3.81. The van der Waals surface area contributed by atoms with Gasteiger partial charge in [0, 0.05) is 10.9 Å². The third-order valence-corrected chi connectivity index (χ3v) is 4.88. The van der Waals surface area contributed by atoms with Crippen LogP contribution in [0.25, 0.3) is 0 Å². The highest BCUT2D eigenvalue weighted by molar-refractivity contribution is 9.09. The number of carbonyl (C=O) groups excluding carboxylic acids is 1. The summed E-state index contributed by atoms with van der Waals surface area (Å²) >= 11 is 3.48. The molecule has 1 aliphatic carbocycles. The highest BCUT2D eigenvalue weighted by atomic mass is 79.9. The molecule has 8 heteroatoms. The van der Waals surface area contributed by atoms with E-state index in [0.29, 0.717) is 0 Å². The normalized spacial score (nSPS) is 25.2. The van der Waals surface area contributed by atoms with Crippen molar-refractivity contribution >= 4 is 32.2 Å². The molecule has 1 saturated carbocycles. The lowest BCUT2D eigenvalue weighted by Gasteiger charge is -2.21. The van der Waals surface area contributed by atoms with Crippen molar-refractivity contribution in [2.24, 2.45) is 0 Å². The summed E-state index contributed by atoms with van der Waals surface area (Å²) in [4.78, 5) is 11.2. The minimum atomic E-state index is -3.86. The fourth-order valence-electron chi connectivity index (χ4n) is 1.89. The van der Waals surface area contributed by atoms with E-state index in [1.807, 2.05) is 4.72 Å². The third-order valence-electron chi connectivity index (χ3n) is 2.73. The summed E-state index contributed by atoms with van der Waals surface area (Å²) in [5, 5.41) is 0. The van der Waals surface area contributed by atoms with E-state index in [1.54, 1.807) is 6.92 Å². The summed E-state index contributed by atoms with van der Waals surface area (Å²) in [5.41, 5.74) is 0. The molecule has 0 aliphatic heterocycles. The van der Waals surface area contributed by atoms with E-state index in [0.717, 1.165) is 32.1 Å². The second kappa shape index (κ2) is 7.30. The Balaban J connectivity index is 2.55. The van der Waals surface area contributed by atoms with Gasteiger partial charge in [0.2, 0.25) is 0 Å². The average molecular weight is 343 g/mol. The summed E-state index contributed by atoms with van der Waals surface area (Å²) in [6.07, 6.45) is 3.90. The molecular weight excluding hydrogens is 324 g/mol. The number of halogens is 1. The van der Waals surface area contributed by atoms with Gasteiger partial charge >= 0.3 is 16.3 Å².